The number of benzene rings is 2. The summed E-state index contributed by atoms with van der Waals surface area (Å²) in [5, 5.41) is 17.0. The van der Waals surface area contributed by atoms with Gasteiger partial charge in [-0.2, -0.15) is 0 Å². The monoisotopic (exact) mass is 454 g/mol. The Bertz CT molecular complexity index is 858. The Hall–Kier alpha value is -3.19. The van der Waals surface area contributed by atoms with Gasteiger partial charge in [0.15, 0.2) is 0 Å². The number of nitrogens with zero attached hydrogens (tertiary/aromatic N) is 2. The maximum atomic E-state index is 13.4. The normalized spacial score (nSPS) is 18.3. The number of hydrogen-bond donors (Lipinski definition) is 2. The van der Waals surface area contributed by atoms with Gasteiger partial charge in [0.1, 0.15) is 0 Å². The van der Waals surface area contributed by atoms with Gasteiger partial charge in [0.05, 0.1) is 5.92 Å². The summed E-state index contributed by atoms with van der Waals surface area (Å²) in [6, 6.07) is 20.3. The predicted octanol–water partition coefficient (Wildman–Crippen LogP) is 3.55. The van der Waals surface area contributed by atoms with Crippen molar-refractivity contribution in [3.63, 3.8) is 0 Å². The van der Waals surface area contributed by atoms with Crippen molar-refractivity contribution in [1.82, 2.24) is 9.80 Å². The molecule has 7 heteroatoms. The lowest BCUT2D eigenvalue weighted by atomic mass is 9.88. The lowest BCUT2D eigenvalue weighted by Gasteiger charge is -2.30. The molecule has 1 saturated heterocycles. The number of likely N-dealkylation sites (N-methyl/N-ethyl adjacent to an activating group) is 1. The van der Waals surface area contributed by atoms with Crippen molar-refractivity contribution < 1.29 is 24.6 Å². The van der Waals surface area contributed by atoms with Crippen molar-refractivity contribution in [2.75, 3.05) is 27.2 Å². The summed E-state index contributed by atoms with van der Waals surface area (Å²) in [6.07, 6.45) is 1.72. The Kier molecular flexibility index (Phi) is 10.1. The highest BCUT2D eigenvalue weighted by molar-refractivity contribution is 5.79. The quantitative estimate of drug-likeness (QED) is 0.693. The number of amides is 1. The number of aliphatic carboxylic acids is 2. The van der Waals surface area contributed by atoms with Crippen molar-refractivity contribution in [3.8, 4) is 0 Å². The summed E-state index contributed by atoms with van der Waals surface area (Å²) in [5.74, 6) is -2.18. The fourth-order valence-electron chi connectivity index (χ4n) is 4.10. The summed E-state index contributed by atoms with van der Waals surface area (Å²) in [4.78, 5) is 37.9. The largest absolute Gasteiger partial charge is 0.481 e. The lowest BCUT2D eigenvalue weighted by molar-refractivity contribution is -0.143. The molecule has 0 radical (unpaired) electrons. The van der Waals surface area contributed by atoms with Gasteiger partial charge in [-0.1, -0.05) is 60.7 Å². The van der Waals surface area contributed by atoms with Crippen molar-refractivity contribution in [2.24, 2.45) is 5.92 Å². The minimum Gasteiger partial charge on any atom is -0.481 e. The molecule has 2 aromatic rings. The number of carboxylic acid groups (broad SMARTS) is 2. The van der Waals surface area contributed by atoms with E-state index in [1.54, 1.807) is 4.90 Å². The van der Waals surface area contributed by atoms with Gasteiger partial charge in [-0.25, -0.2) is 0 Å². The van der Waals surface area contributed by atoms with Crippen LogP contribution in [0.1, 0.15) is 43.2 Å². The molecule has 1 fully saturated rings. The number of hydrogen-bond acceptors (Lipinski definition) is 4. The van der Waals surface area contributed by atoms with E-state index in [-0.39, 0.29) is 24.4 Å². The van der Waals surface area contributed by atoms with Gasteiger partial charge in [0.2, 0.25) is 5.91 Å². The van der Waals surface area contributed by atoms with Gasteiger partial charge in [-0.05, 0) is 38.1 Å². The molecule has 1 heterocycles. The zero-order valence-corrected chi connectivity index (χ0v) is 19.6. The van der Waals surface area contributed by atoms with E-state index in [9.17, 15) is 14.7 Å². The molecule has 1 aliphatic heterocycles. The minimum atomic E-state index is -0.833. The van der Waals surface area contributed by atoms with Gasteiger partial charge in [-0.3, -0.25) is 14.4 Å². The number of carbonyl (C=O) groups excluding carboxylic acids is 1. The molecule has 3 rings (SSSR count). The van der Waals surface area contributed by atoms with E-state index < -0.39 is 17.9 Å². The second-order valence-corrected chi connectivity index (χ2v) is 8.63. The number of carboxylic acids is 2. The first-order chi connectivity index (χ1) is 15.7. The van der Waals surface area contributed by atoms with Crippen LogP contribution in [0.2, 0.25) is 0 Å². The molecule has 2 N–H and O–H groups in total. The zero-order valence-electron chi connectivity index (χ0n) is 19.6. The maximum absolute atomic E-state index is 13.4. The van der Waals surface area contributed by atoms with E-state index in [1.165, 1.54) is 0 Å². The van der Waals surface area contributed by atoms with E-state index in [4.69, 9.17) is 9.90 Å². The lowest BCUT2D eigenvalue weighted by Crippen LogP contribution is -2.43. The Labute approximate surface area is 195 Å². The Morgan fingerprint density at radius 2 is 1.39 bits per heavy atom. The van der Waals surface area contributed by atoms with Gasteiger partial charge in [-0.15, -0.1) is 0 Å². The van der Waals surface area contributed by atoms with Crippen LogP contribution < -0.4 is 0 Å². The molecular weight excluding hydrogens is 420 g/mol. The predicted molar refractivity (Wildman–Crippen MR) is 127 cm³/mol. The van der Waals surface area contributed by atoms with Crippen molar-refractivity contribution in [1.29, 1.82) is 0 Å². The Balaban J connectivity index is 0.000000890. The van der Waals surface area contributed by atoms with Gasteiger partial charge < -0.3 is 20.0 Å². The van der Waals surface area contributed by atoms with E-state index >= 15 is 0 Å². The second-order valence-electron chi connectivity index (χ2n) is 8.63. The third-order valence-electron chi connectivity index (χ3n) is 5.94. The number of carbonyl (C=O) groups is 3. The SMILES string of the molecule is CC(=O)O.CN(C)[C@@H]1CC[C@H](C(=O)O)CN(C(=O)CC(c2ccccc2)c2ccccc2)C1. The van der Waals surface area contributed by atoms with Gasteiger partial charge in [0.25, 0.3) is 5.97 Å². The van der Waals surface area contributed by atoms with E-state index in [0.717, 1.165) is 24.5 Å². The van der Waals surface area contributed by atoms with Crippen LogP contribution in [0, 0.1) is 5.92 Å². The van der Waals surface area contributed by atoms with E-state index in [1.807, 2.05) is 50.5 Å². The summed E-state index contributed by atoms with van der Waals surface area (Å²) in [7, 11) is 3.98. The van der Waals surface area contributed by atoms with Gasteiger partial charge in [0, 0.05) is 38.4 Å². The van der Waals surface area contributed by atoms with Crippen LogP contribution in [0.25, 0.3) is 0 Å². The number of likely N-dealkylation sites (tertiary alicyclic amines) is 1. The third kappa shape index (κ3) is 8.35. The molecule has 0 unspecified atom stereocenters. The summed E-state index contributed by atoms with van der Waals surface area (Å²) < 4.78 is 0. The fourth-order valence-corrected chi connectivity index (χ4v) is 4.10. The first-order valence-electron chi connectivity index (χ1n) is 11.2. The molecule has 0 spiro atoms. The van der Waals surface area contributed by atoms with Crippen LogP contribution in [-0.4, -0.2) is 71.1 Å². The van der Waals surface area contributed by atoms with Crippen LogP contribution in [0.15, 0.2) is 60.7 Å². The number of rotatable bonds is 6. The molecule has 178 valence electrons. The zero-order chi connectivity index (χ0) is 24.4. The fraction of sp³-hybridized carbons (Fsp3) is 0.423. The maximum Gasteiger partial charge on any atom is 0.308 e. The first-order valence-corrected chi connectivity index (χ1v) is 11.2. The van der Waals surface area contributed by atoms with E-state index in [0.29, 0.717) is 19.4 Å². The molecule has 2 atom stereocenters. The summed E-state index contributed by atoms with van der Waals surface area (Å²) in [5.41, 5.74) is 2.20. The smallest absolute Gasteiger partial charge is 0.308 e. The third-order valence-corrected chi connectivity index (χ3v) is 5.94. The van der Waals surface area contributed by atoms with Crippen LogP contribution in [-0.2, 0) is 14.4 Å². The van der Waals surface area contributed by atoms with Crippen molar-refractivity contribution in [2.45, 2.75) is 38.1 Å². The van der Waals surface area contributed by atoms with Crippen LogP contribution in [0.3, 0.4) is 0 Å². The summed E-state index contributed by atoms with van der Waals surface area (Å²) >= 11 is 0. The highest BCUT2D eigenvalue weighted by Gasteiger charge is 2.32. The molecule has 0 aliphatic carbocycles. The molecular formula is C26H34N2O5. The van der Waals surface area contributed by atoms with Crippen LogP contribution in [0.5, 0.6) is 0 Å². The molecule has 0 saturated carbocycles. The highest BCUT2D eigenvalue weighted by atomic mass is 16.4. The molecule has 1 amide bonds. The molecule has 7 nitrogen and oxygen atoms in total. The molecule has 33 heavy (non-hydrogen) atoms. The Morgan fingerprint density at radius 3 is 1.82 bits per heavy atom. The van der Waals surface area contributed by atoms with E-state index in [2.05, 4.69) is 29.2 Å². The molecule has 0 aromatic heterocycles. The minimum absolute atomic E-state index is 0.0164. The first kappa shape index (κ1) is 26.1. The van der Waals surface area contributed by atoms with Crippen LogP contribution >= 0.6 is 0 Å². The Morgan fingerprint density at radius 1 is 0.909 bits per heavy atom. The molecule has 0 bridgehead atoms. The average Bonchev–Trinajstić information content (AvgIpc) is 3.02. The highest BCUT2D eigenvalue weighted by Crippen LogP contribution is 2.29. The second kappa shape index (κ2) is 12.7. The standard InChI is InChI=1S/C24H30N2O3.C2H4O2/c1-25(2)21-14-13-20(24(28)29)16-26(17-21)23(27)15-22(18-9-5-3-6-10-18)19-11-7-4-8-12-19;1-2(3)4/h3-12,20-22H,13-17H2,1-2H3,(H,28,29);1H3,(H,3,4)/t20-,21+;/m0./s1. The molecule has 2 aromatic carbocycles. The van der Waals surface area contributed by atoms with Gasteiger partial charge >= 0.3 is 5.97 Å². The van der Waals surface area contributed by atoms with Crippen molar-refractivity contribution in [3.05, 3.63) is 71.8 Å². The van der Waals surface area contributed by atoms with Crippen LogP contribution in [0.4, 0.5) is 0 Å². The topological polar surface area (TPSA) is 98.2 Å². The molecule has 1 aliphatic rings. The summed E-state index contributed by atoms with van der Waals surface area (Å²) in [6.45, 7) is 1.95. The average molecular weight is 455 g/mol. The van der Waals surface area contributed by atoms with Crippen molar-refractivity contribution >= 4 is 17.8 Å².